The number of non-ortho nitro benzene ring substituents is 1. The fraction of sp³-hybridized carbons (Fsp3) is 0.125. The molecule has 0 atom stereocenters. The van der Waals surface area contributed by atoms with Crippen molar-refractivity contribution in [1.82, 2.24) is 10.6 Å². The Labute approximate surface area is 256 Å². The van der Waals surface area contributed by atoms with E-state index in [1.807, 2.05) is 60.7 Å². The maximum atomic E-state index is 13.3. The Morgan fingerprint density at radius 1 is 0.833 bits per heavy atom. The van der Waals surface area contributed by atoms with E-state index in [1.54, 1.807) is 24.3 Å². The number of hydrogen-bond donors (Lipinski definition) is 2. The monoisotopic (exact) mass is 677 g/mol. The second-order valence-electron chi connectivity index (χ2n) is 9.14. The van der Waals surface area contributed by atoms with Gasteiger partial charge in [0.15, 0.2) is 11.5 Å². The quantitative estimate of drug-likeness (QED) is 0.0489. The normalized spacial score (nSPS) is 10.3. The van der Waals surface area contributed by atoms with Crippen LogP contribution in [0.1, 0.15) is 22.3 Å². The van der Waals surface area contributed by atoms with Gasteiger partial charge in [-0.2, -0.15) is 0 Å². The number of amides is 2. The zero-order valence-electron chi connectivity index (χ0n) is 22.7. The van der Waals surface area contributed by atoms with Crippen molar-refractivity contribution in [2.75, 3.05) is 7.11 Å². The molecule has 2 N–H and O–H groups in total. The minimum absolute atomic E-state index is 0.00142. The Kier molecular flexibility index (Phi) is 10.6. The van der Waals surface area contributed by atoms with E-state index in [0.717, 1.165) is 16.7 Å². The van der Waals surface area contributed by atoms with Crippen molar-refractivity contribution in [2.24, 2.45) is 0 Å². The Hall–Kier alpha value is -4.71. The van der Waals surface area contributed by atoms with Gasteiger partial charge in [0.1, 0.15) is 12.2 Å². The molecule has 0 saturated carbocycles. The zero-order chi connectivity index (χ0) is 29.9. The first kappa shape index (κ1) is 30.3. The van der Waals surface area contributed by atoms with E-state index in [-0.39, 0.29) is 31.0 Å². The molecule has 0 fully saturated rings. The summed E-state index contributed by atoms with van der Waals surface area (Å²) in [7, 11) is 1.50. The minimum atomic E-state index is -0.517. The number of nitro benzene ring substituents is 1. The smallest absolute Gasteiger partial charge is 0.269 e. The van der Waals surface area contributed by atoms with Crippen LogP contribution in [0, 0.1) is 13.7 Å². The molecule has 0 saturated heterocycles. The molecule has 0 heterocycles. The highest BCUT2D eigenvalue weighted by Gasteiger charge is 2.20. The van der Waals surface area contributed by atoms with Crippen molar-refractivity contribution in [3.63, 3.8) is 0 Å². The number of benzene rings is 4. The van der Waals surface area contributed by atoms with Crippen molar-refractivity contribution in [3.8, 4) is 11.5 Å². The third-order valence-electron chi connectivity index (χ3n) is 6.17. The summed E-state index contributed by atoms with van der Waals surface area (Å²) in [6, 6.07) is 28.4. The van der Waals surface area contributed by atoms with Gasteiger partial charge in [0.2, 0.25) is 0 Å². The lowest BCUT2D eigenvalue weighted by atomic mass is 10.1. The third-order valence-corrected chi connectivity index (χ3v) is 6.98. The summed E-state index contributed by atoms with van der Waals surface area (Å²) in [4.78, 5) is 37.0. The van der Waals surface area contributed by atoms with Crippen LogP contribution in [0.15, 0.2) is 103 Å². The molecule has 0 bridgehead atoms. The fourth-order valence-electron chi connectivity index (χ4n) is 3.98. The minimum Gasteiger partial charge on any atom is -0.493 e. The molecule has 2 amide bonds. The molecule has 4 aromatic rings. The number of nitrogens with zero attached hydrogens (tertiary/aromatic N) is 1. The van der Waals surface area contributed by atoms with Crippen LogP contribution in [0.2, 0.25) is 0 Å². The number of nitrogens with one attached hydrogen (secondary N) is 2. The summed E-state index contributed by atoms with van der Waals surface area (Å²) in [5.74, 6) is -0.158. The molecule has 0 aliphatic rings. The second kappa shape index (κ2) is 14.8. The summed E-state index contributed by atoms with van der Waals surface area (Å²) in [5.41, 5.74) is 3.06. The lowest BCUT2D eigenvalue weighted by Crippen LogP contribution is -2.34. The van der Waals surface area contributed by atoms with Gasteiger partial charge in [-0.15, -0.1) is 0 Å². The van der Waals surface area contributed by atoms with Gasteiger partial charge >= 0.3 is 0 Å². The first-order chi connectivity index (χ1) is 20.3. The number of methoxy groups -OCH3 is 1. The van der Waals surface area contributed by atoms with Crippen molar-refractivity contribution in [1.29, 1.82) is 0 Å². The van der Waals surface area contributed by atoms with E-state index in [1.165, 1.54) is 25.3 Å². The highest BCUT2D eigenvalue weighted by Crippen LogP contribution is 2.35. The second-order valence-corrected chi connectivity index (χ2v) is 10.3. The Morgan fingerprint density at radius 3 is 1.88 bits per heavy atom. The summed E-state index contributed by atoms with van der Waals surface area (Å²) in [6.45, 7) is 0.688. The summed E-state index contributed by atoms with van der Waals surface area (Å²) in [6.07, 6.45) is 1.52. The molecule has 0 aliphatic carbocycles. The number of rotatable bonds is 12. The zero-order valence-corrected chi connectivity index (χ0v) is 24.9. The molecule has 9 nitrogen and oxygen atoms in total. The molecular weight excluding hydrogens is 649 g/mol. The molecule has 0 aromatic heterocycles. The van der Waals surface area contributed by atoms with Crippen LogP contribution in [0.4, 0.5) is 5.69 Å². The number of carbonyl (C=O) groups excluding carboxylic acids is 2. The van der Waals surface area contributed by atoms with Crippen molar-refractivity contribution < 1.29 is 24.0 Å². The van der Waals surface area contributed by atoms with E-state index in [9.17, 15) is 19.7 Å². The maximum Gasteiger partial charge on any atom is 0.269 e. The first-order valence-corrected chi connectivity index (χ1v) is 14.0. The molecule has 0 aliphatic heterocycles. The van der Waals surface area contributed by atoms with Crippen LogP contribution in [0.5, 0.6) is 11.5 Å². The highest BCUT2D eigenvalue weighted by molar-refractivity contribution is 14.1. The largest absolute Gasteiger partial charge is 0.493 e. The number of hydrogen-bond acceptors (Lipinski definition) is 6. The fourth-order valence-corrected chi connectivity index (χ4v) is 4.76. The van der Waals surface area contributed by atoms with Crippen LogP contribution >= 0.6 is 22.6 Å². The number of ether oxygens (including phenoxy) is 2. The molecule has 0 radical (unpaired) electrons. The van der Waals surface area contributed by atoms with Crippen LogP contribution < -0.4 is 20.1 Å². The topological polar surface area (TPSA) is 120 Å². The van der Waals surface area contributed by atoms with Crippen molar-refractivity contribution in [2.45, 2.75) is 19.7 Å². The highest BCUT2D eigenvalue weighted by atomic mass is 127. The predicted octanol–water partition coefficient (Wildman–Crippen LogP) is 5.80. The Bertz CT molecular complexity index is 1520. The summed E-state index contributed by atoms with van der Waals surface area (Å²) < 4.78 is 12.3. The van der Waals surface area contributed by atoms with E-state index in [4.69, 9.17) is 9.47 Å². The van der Waals surface area contributed by atoms with Crippen molar-refractivity contribution in [3.05, 3.63) is 139 Å². The molecule has 0 unspecified atom stereocenters. The first-order valence-electron chi connectivity index (χ1n) is 12.9. The lowest BCUT2D eigenvalue weighted by molar-refractivity contribution is -0.384. The van der Waals surface area contributed by atoms with Gasteiger partial charge in [0.05, 0.1) is 15.6 Å². The molecule has 42 heavy (non-hydrogen) atoms. The van der Waals surface area contributed by atoms with Crippen molar-refractivity contribution >= 4 is 46.2 Å². The maximum absolute atomic E-state index is 13.3. The lowest BCUT2D eigenvalue weighted by Gasteiger charge is -2.15. The van der Waals surface area contributed by atoms with Crippen LogP contribution in [-0.2, 0) is 29.3 Å². The van der Waals surface area contributed by atoms with Gasteiger partial charge in [-0.05, 0) is 75.2 Å². The molecule has 4 aromatic carbocycles. The average Bonchev–Trinajstić information content (AvgIpc) is 3.01. The van der Waals surface area contributed by atoms with Gasteiger partial charge < -0.3 is 20.1 Å². The third kappa shape index (κ3) is 8.40. The number of carbonyl (C=O) groups is 2. The molecule has 4 rings (SSSR count). The van der Waals surface area contributed by atoms with Gasteiger partial charge in [0, 0.05) is 25.2 Å². The molecule has 0 spiro atoms. The van der Waals surface area contributed by atoms with Crippen LogP contribution in [0.3, 0.4) is 0 Å². The van der Waals surface area contributed by atoms with Gasteiger partial charge in [-0.1, -0.05) is 60.7 Å². The number of nitro groups is 1. The van der Waals surface area contributed by atoms with E-state index >= 15 is 0 Å². The van der Waals surface area contributed by atoms with Gasteiger partial charge in [0.25, 0.3) is 17.5 Å². The SMILES string of the molecule is COc1cc(C=C(C(=O)NCc2ccccc2)C(=O)NCc2ccccc2)cc(I)c1OCc1ccc([N+](=O)[O-])cc1. The van der Waals surface area contributed by atoms with Crippen LogP contribution in [0.25, 0.3) is 6.08 Å². The Balaban J connectivity index is 1.56. The molecule has 10 heteroatoms. The van der Waals surface area contributed by atoms with E-state index in [0.29, 0.717) is 20.6 Å². The summed E-state index contributed by atoms with van der Waals surface area (Å²) in [5, 5.41) is 16.6. The van der Waals surface area contributed by atoms with E-state index in [2.05, 4.69) is 33.2 Å². The Morgan fingerprint density at radius 2 is 1.38 bits per heavy atom. The molecule has 214 valence electrons. The van der Waals surface area contributed by atoms with Gasteiger partial charge in [-0.25, -0.2) is 0 Å². The predicted molar refractivity (Wildman–Crippen MR) is 168 cm³/mol. The standard InChI is InChI=1S/C32H28IN3O6/c1-41-29-18-25(17-28(33)30(29)42-21-24-12-14-26(15-13-24)36(39)40)16-27(31(37)34-19-22-8-4-2-5-9-22)32(38)35-20-23-10-6-3-7-11-23/h2-18H,19-21H2,1H3,(H,34,37)(H,35,38). The summed E-state index contributed by atoms with van der Waals surface area (Å²) >= 11 is 2.10. The van der Waals surface area contributed by atoms with Gasteiger partial charge in [-0.3, -0.25) is 19.7 Å². The number of halogens is 1. The van der Waals surface area contributed by atoms with Crippen LogP contribution in [-0.4, -0.2) is 23.8 Å². The molecular formula is C32H28IN3O6. The average molecular weight is 677 g/mol. The van der Waals surface area contributed by atoms with E-state index < -0.39 is 16.7 Å².